The fraction of sp³-hybridized carbons (Fsp3) is 0.235. The van der Waals surface area contributed by atoms with Crippen molar-refractivity contribution in [2.24, 2.45) is 0 Å². The lowest BCUT2D eigenvalue weighted by molar-refractivity contribution is 0.309. The molecule has 0 spiro atoms. The number of rotatable bonds is 4. The molecule has 0 aliphatic rings. The fourth-order valence-electron chi connectivity index (χ4n) is 1.58. The Kier molecular flexibility index (Phi) is 5.02. The SMILES string of the molecule is CCCCOc1ccc(C#Cc2ccc(N)cn2)cc1. The number of benzene rings is 1. The predicted octanol–water partition coefficient (Wildman–Crippen LogP) is 3.24. The zero-order chi connectivity index (χ0) is 14.2. The van der Waals surface area contributed by atoms with Crippen molar-refractivity contribution in [3.05, 3.63) is 53.9 Å². The minimum Gasteiger partial charge on any atom is -0.494 e. The van der Waals surface area contributed by atoms with Crippen LogP contribution in [0, 0.1) is 11.8 Å². The van der Waals surface area contributed by atoms with Gasteiger partial charge in [-0.3, -0.25) is 0 Å². The van der Waals surface area contributed by atoms with E-state index in [1.54, 1.807) is 12.3 Å². The van der Waals surface area contributed by atoms with Crippen molar-refractivity contribution in [3.8, 4) is 17.6 Å². The number of nitrogen functional groups attached to an aromatic ring is 1. The summed E-state index contributed by atoms with van der Waals surface area (Å²) in [7, 11) is 0. The molecule has 2 N–H and O–H groups in total. The highest BCUT2D eigenvalue weighted by Gasteiger charge is 1.93. The van der Waals surface area contributed by atoms with Crippen LogP contribution >= 0.6 is 0 Å². The molecule has 3 nitrogen and oxygen atoms in total. The first kappa shape index (κ1) is 14.0. The van der Waals surface area contributed by atoms with Gasteiger partial charge in [0, 0.05) is 5.56 Å². The first-order valence-electron chi connectivity index (χ1n) is 6.74. The summed E-state index contributed by atoms with van der Waals surface area (Å²) in [6, 6.07) is 11.4. The number of ether oxygens (including phenoxy) is 1. The topological polar surface area (TPSA) is 48.1 Å². The Bertz CT molecular complexity index is 592. The molecule has 1 aromatic heterocycles. The van der Waals surface area contributed by atoms with Gasteiger partial charge in [0.2, 0.25) is 0 Å². The van der Waals surface area contributed by atoms with E-state index in [0.29, 0.717) is 11.4 Å². The number of anilines is 1. The van der Waals surface area contributed by atoms with E-state index < -0.39 is 0 Å². The quantitative estimate of drug-likeness (QED) is 0.682. The average molecular weight is 266 g/mol. The first-order chi connectivity index (χ1) is 9.78. The lowest BCUT2D eigenvalue weighted by Crippen LogP contribution is -1.95. The maximum absolute atomic E-state index is 5.60. The Morgan fingerprint density at radius 2 is 1.90 bits per heavy atom. The van der Waals surface area contributed by atoms with Gasteiger partial charge >= 0.3 is 0 Å². The predicted molar refractivity (Wildman–Crippen MR) is 81.5 cm³/mol. The second-order valence-electron chi connectivity index (χ2n) is 4.45. The number of aromatic nitrogens is 1. The number of nitrogens with zero attached hydrogens (tertiary/aromatic N) is 1. The number of hydrogen-bond donors (Lipinski definition) is 1. The molecule has 2 aromatic rings. The molecule has 0 saturated heterocycles. The van der Waals surface area contributed by atoms with Crippen molar-refractivity contribution in [2.75, 3.05) is 12.3 Å². The number of nitrogens with two attached hydrogens (primary N) is 1. The molecule has 0 fully saturated rings. The molecule has 0 aliphatic heterocycles. The number of unbranched alkanes of at least 4 members (excludes halogenated alkanes) is 1. The molecule has 0 saturated carbocycles. The maximum atomic E-state index is 5.60. The lowest BCUT2D eigenvalue weighted by Gasteiger charge is -2.04. The van der Waals surface area contributed by atoms with Crippen molar-refractivity contribution in [3.63, 3.8) is 0 Å². The molecule has 0 radical (unpaired) electrons. The molecule has 2 rings (SSSR count). The monoisotopic (exact) mass is 266 g/mol. The van der Waals surface area contributed by atoms with Gasteiger partial charge in [0.25, 0.3) is 0 Å². The molecule has 0 unspecified atom stereocenters. The van der Waals surface area contributed by atoms with E-state index in [4.69, 9.17) is 10.5 Å². The normalized spacial score (nSPS) is 9.65. The molecule has 0 amide bonds. The molecular weight excluding hydrogens is 248 g/mol. The van der Waals surface area contributed by atoms with Gasteiger partial charge in [0.05, 0.1) is 18.5 Å². The van der Waals surface area contributed by atoms with Crippen LogP contribution in [0.3, 0.4) is 0 Å². The van der Waals surface area contributed by atoms with Crippen LogP contribution in [0.25, 0.3) is 0 Å². The van der Waals surface area contributed by atoms with Crippen molar-refractivity contribution < 1.29 is 4.74 Å². The van der Waals surface area contributed by atoms with Crippen molar-refractivity contribution in [1.29, 1.82) is 0 Å². The minimum atomic E-state index is 0.643. The third-order valence-corrected chi connectivity index (χ3v) is 2.74. The van der Waals surface area contributed by atoms with E-state index in [2.05, 4.69) is 23.7 Å². The maximum Gasteiger partial charge on any atom is 0.119 e. The standard InChI is InChI=1S/C17H18N2O/c1-2-3-12-20-17-10-5-14(6-11-17)4-8-16-9-7-15(18)13-19-16/h5-7,9-11,13H,2-3,12,18H2,1H3. The van der Waals surface area contributed by atoms with E-state index >= 15 is 0 Å². The molecule has 1 heterocycles. The Labute approximate surface area is 119 Å². The zero-order valence-corrected chi connectivity index (χ0v) is 11.6. The highest BCUT2D eigenvalue weighted by molar-refractivity contribution is 5.44. The van der Waals surface area contributed by atoms with Crippen LogP contribution in [-0.4, -0.2) is 11.6 Å². The summed E-state index contributed by atoms with van der Waals surface area (Å²) in [5.74, 6) is 6.95. The van der Waals surface area contributed by atoms with Crippen LogP contribution in [0.15, 0.2) is 42.6 Å². The van der Waals surface area contributed by atoms with E-state index in [1.807, 2.05) is 30.3 Å². The van der Waals surface area contributed by atoms with Gasteiger partial charge in [-0.15, -0.1) is 0 Å². The highest BCUT2D eigenvalue weighted by atomic mass is 16.5. The summed E-state index contributed by atoms with van der Waals surface area (Å²) in [6.07, 6.45) is 3.82. The van der Waals surface area contributed by atoms with Crippen molar-refractivity contribution in [1.82, 2.24) is 4.98 Å². The number of pyridine rings is 1. The summed E-state index contributed by atoms with van der Waals surface area (Å²) < 4.78 is 5.60. The van der Waals surface area contributed by atoms with Crippen LogP contribution in [-0.2, 0) is 0 Å². The van der Waals surface area contributed by atoms with Crippen LogP contribution in [0.2, 0.25) is 0 Å². The molecule has 0 aliphatic carbocycles. The molecule has 3 heteroatoms. The van der Waals surface area contributed by atoms with E-state index in [9.17, 15) is 0 Å². The lowest BCUT2D eigenvalue weighted by atomic mass is 10.2. The Morgan fingerprint density at radius 3 is 2.55 bits per heavy atom. The molecule has 20 heavy (non-hydrogen) atoms. The summed E-state index contributed by atoms with van der Waals surface area (Å²) in [5.41, 5.74) is 7.87. The van der Waals surface area contributed by atoms with Crippen LogP contribution < -0.4 is 10.5 Å². The van der Waals surface area contributed by atoms with Crippen LogP contribution in [0.4, 0.5) is 5.69 Å². The van der Waals surface area contributed by atoms with Crippen molar-refractivity contribution >= 4 is 5.69 Å². The second-order valence-corrected chi connectivity index (χ2v) is 4.45. The van der Waals surface area contributed by atoms with E-state index in [1.165, 1.54) is 0 Å². The second kappa shape index (κ2) is 7.20. The molecule has 0 atom stereocenters. The summed E-state index contributed by atoms with van der Waals surface area (Å²) in [6.45, 7) is 2.91. The fourth-order valence-corrected chi connectivity index (χ4v) is 1.58. The van der Waals surface area contributed by atoms with Gasteiger partial charge in [-0.05, 0) is 48.7 Å². The first-order valence-corrected chi connectivity index (χ1v) is 6.74. The smallest absolute Gasteiger partial charge is 0.119 e. The summed E-state index contributed by atoms with van der Waals surface area (Å²) >= 11 is 0. The Morgan fingerprint density at radius 1 is 1.10 bits per heavy atom. The van der Waals surface area contributed by atoms with Gasteiger partial charge in [-0.25, -0.2) is 4.98 Å². The van der Waals surface area contributed by atoms with Gasteiger partial charge in [0.15, 0.2) is 0 Å². The van der Waals surface area contributed by atoms with Gasteiger partial charge in [0.1, 0.15) is 11.4 Å². The van der Waals surface area contributed by atoms with Gasteiger partial charge in [-0.2, -0.15) is 0 Å². The molecular formula is C17H18N2O. The average Bonchev–Trinajstić information content (AvgIpc) is 2.48. The zero-order valence-electron chi connectivity index (χ0n) is 11.6. The van der Waals surface area contributed by atoms with Gasteiger partial charge < -0.3 is 10.5 Å². The van der Waals surface area contributed by atoms with Crippen LogP contribution in [0.5, 0.6) is 5.75 Å². The van der Waals surface area contributed by atoms with Crippen LogP contribution in [0.1, 0.15) is 31.0 Å². The number of hydrogen-bond acceptors (Lipinski definition) is 3. The summed E-state index contributed by atoms with van der Waals surface area (Å²) in [4.78, 5) is 4.14. The third-order valence-electron chi connectivity index (χ3n) is 2.74. The van der Waals surface area contributed by atoms with E-state index in [-0.39, 0.29) is 0 Å². The highest BCUT2D eigenvalue weighted by Crippen LogP contribution is 2.12. The molecule has 1 aromatic carbocycles. The Hall–Kier alpha value is -2.47. The molecule has 102 valence electrons. The minimum absolute atomic E-state index is 0.643. The van der Waals surface area contributed by atoms with Crippen molar-refractivity contribution in [2.45, 2.75) is 19.8 Å². The van der Waals surface area contributed by atoms with Gasteiger partial charge in [-0.1, -0.05) is 19.3 Å². The third kappa shape index (κ3) is 4.33. The largest absolute Gasteiger partial charge is 0.494 e. The summed E-state index contributed by atoms with van der Waals surface area (Å²) in [5, 5.41) is 0. The van der Waals surface area contributed by atoms with E-state index in [0.717, 1.165) is 30.8 Å². The molecule has 0 bridgehead atoms. The Balaban J connectivity index is 1.98.